The van der Waals surface area contributed by atoms with Gasteiger partial charge in [0, 0.05) is 19.3 Å². The predicted octanol–water partition coefficient (Wildman–Crippen LogP) is 17.9. The molecule has 0 aromatic rings. The molecule has 0 saturated carbocycles. The number of carbonyl (C=O) groups excluding carboxylic acids is 3. The Bertz CT molecular complexity index is 1640. The van der Waals surface area contributed by atoms with Crippen LogP contribution in [0.15, 0.2) is 60.8 Å². The van der Waals surface area contributed by atoms with Crippen LogP contribution in [0.5, 0.6) is 0 Å². The second kappa shape index (κ2) is 56.9. The highest BCUT2D eigenvalue weighted by Crippen LogP contribution is 2.27. The number of carbonyl (C=O) groups is 4. The first-order valence-electron chi connectivity index (χ1n) is 33.3. The molecular formula is C69H120O12. The van der Waals surface area contributed by atoms with Crippen LogP contribution in [0.25, 0.3) is 0 Å². The van der Waals surface area contributed by atoms with Crippen LogP contribution in [0.3, 0.4) is 0 Å². The minimum Gasteiger partial charge on any atom is -0.479 e. The van der Waals surface area contributed by atoms with E-state index in [4.69, 9.17) is 23.7 Å². The predicted molar refractivity (Wildman–Crippen MR) is 331 cm³/mol. The van der Waals surface area contributed by atoms with E-state index in [2.05, 4.69) is 81.5 Å². The van der Waals surface area contributed by atoms with Gasteiger partial charge in [-0.05, 0) is 64.2 Å². The highest BCUT2D eigenvalue weighted by Gasteiger charge is 2.50. The molecule has 6 atom stereocenters. The molecule has 0 radical (unpaired) electrons. The third-order valence-electron chi connectivity index (χ3n) is 15.1. The van der Waals surface area contributed by atoms with Crippen LogP contribution in [0.2, 0.25) is 0 Å². The van der Waals surface area contributed by atoms with Gasteiger partial charge in [-0.1, -0.05) is 281 Å². The highest BCUT2D eigenvalue weighted by atomic mass is 16.7. The van der Waals surface area contributed by atoms with Crippen molar-refractivity contribution in [1.82, 2.24) is 0 Å². The van der Waals surface area contributed by atoms with E-state index in [0.717, 1.165) is 96.3 Å². The summed E-state index contributed by atoms with van der Waals surface area (Å²) in [5.74, 6) is -3.13. The van der Waals surface area contributed by atoms with Crippen LogP contribution in [0.1, 0.15) is 303 Å². The SMILES string of the molecule is CC/C=C\C/C=C\C/C=C\C/C=C\C/C=C\CCCCCC(=O)OCC(COC1OC(C(=O)O)C(O)C(O)C1OC(=O)CCCCCCCCCCCCCCCCC)OC(=O)CCCCCCCCCCCCCCCCCCC. The Morgan fingerprint density at radius 3 is 1.19 bits per heavy atom. The van der Waals surface area contributed by atoms with Gasteiger partial charge in [-0.2, -0.15) is 0 Å². The van der Waals surface area contributed by atoms with Crippen LogP contribution in [-0.2, 0) is 42.9 Å². The second-order valence-electron chi connectivity index (χ2n) is 22.7. The summed E-state index contributed by atoms with van der Waals surface area (Å²) in [6, 6.07) is 0. The van der Waals surface area contributed by atoms with Gasteiger partial charge in [0.05, 0.1) is 6.61 Å². The van der Waals surface area contributed by atoms with E-state index in [-0.39, 0.29) is 25.9 Å². The maximum absolute atomic E-state index is 13.2. The summed E-state index contributed by atoms with van der Waals surface area (Å²) in [4.78, 5) is 51.4. The molecule has 0 spiro atoms. The zero-order valence-electron chi connectivity index (χ0n) is 51.8. The van der Waals surface area contributed by atoms with E-state index in [1.54, 1.807) is 0 Å². The van der Waals surface area contributed by atoms with Crippen molar-refractivity contribution >= 4 is 23.9 Å². The third-order valence-corrected chi connectivity index (χ3v) is 15.1. The number of rotatable bonds is 57. The number of aliphatic carboxylic acids is 1. The standard InChI is InChI=1S/C69H120O12/c1-4-7-10-13-16-19-22-25-28-30-31-33-35-37-40-43-46-49-52-55-61(70)77-58-60(79-62(71)56-53-50-47-44-41-39-36-32-29-26-23-20-17-14-11-8-5-2)59-78-69-67(65(74)64(73)66(81-69)68(75)76)80-63(72)57-54-51-48-45-42-38-34-27-24-21-18-15-12-9-6-3/h7,10,16,19,25,28,31,33,37,40,60,64-67,69,73-74H,4-6,8-9,11-15,17-18,20-24,26-27,29-30,32,34-36,38-39,41-59H2,1-3H3,(H,75,76)/b10-7-,19-16-,28-25-,33-31-,40-37-. The van der Waals surface area contributed by atoms with Gasteiger partial charge in [0.2, 0.25) is 0 Å². The van der Waals surface area contributed by atoms with Gasteiger partial charge >= 0.3 is 23.9 Å². The van der Waals surface area contributed by atoms with Crippen LogP contribution in [0.4, 0.5) is 0 Å². The largest absolute Gasteiger partial charge is 0.479 e. The lowest BCUT2D eigenvalue weighted by molar-refractivity contribution is -0.301. The number of esters is 3. The van der Waals surface area contributed by atoms with Gasteiger partial charge in [0.25, 0.3) is 0 Å². The number of carboxylic acids is 1. The summed E-state index contributed by atoms with van der Waals surface area (Å²) in [6.45, 7) is 5.90. The van der Waals surface area contributed by atoms with Gasteiger partial charge in [0.1, 0.15) is 18.8 Å². The summed E-state index contributed by atoms with van der Waals surface area (Å²) >= 11 is 0. The molecule has 3 N–H and O–H groups in total. The zero-order chi connectivity index (χ0) is 58.9. The Kier molecular flexibility index (Phi) is 53.0. The van der Waals surface area contributed by atoms with Crippen LogP contribution >= 0.6 is 0 Å². The molecule has 1 aliphatic heterocycles. The lowest BCUT2D eigenvalue weighted by Crippen LogP contribution is -2.61. The van der Waals surface area contributed by atoms with E-state index < -0.39 is 67.3 Å². The smallest absolute Gasteiger partial charge is 0.335 e. The number of unbranched alkanes of at least 4 members (excludes halogenated alkanes) is 33. The third kappa shape index (κ3) is 46.5. The van der Waals surface area contributed by atoms with E-state index in [9.17, 15) is 34.5 Å². The summed E-state index contributed by atoms with van der Waals surface area (Å²) in [5, 5.41) is 31.6. The van der Waals surface area contributed by atoms with Crippen molar-refractivity contribution in [1.29, 1.82) is 0 Å². The van der Waals surface area contributed by atoms with E-state index >= 15 is 0 Å². The van der Waals surface area contributed by atoms with Gasteiger partial charge < -0.3 is 39.0 Å². The molecule has 1 saturated heterocycles. The minimum atomic E-state index is -1.91. The van der Waals surface area contributed by atoms with Gasteiger partial charge in [-0.15, -0.1) is 0 Å². The normalized spacial score (nSPS) is 18.1. The lowest BCUT2D eigenvalue weighted by Gasteiger charge is -2.40. The monoisotopic (exact) mass is 1140 g/mol. The fourth-order valence-electron chi connectivity index (χ4n) is 10.0. The van der Waals surface area contributed by atoms with Crippen molar-refractivity contribution in [2.24, 2.45) is 0 Å². The van der Waals surface area contributed by atoms with Gasteiger partial charge in [-0.3, -0.25) is 14.4 Å². The molecule has 0 aromatic carbocycles. The lowest BCUT2D eigenvalue weighted by atomic mass is 9.98. The maximum atomic E-state index is 13.2. The van der Waals surface area contributed by atoms with Crippen molar-refractivity contribution < 1.29 is 58.2 Å². The topological polar surface area (TPSA) is 175 Å². The molecule has 0 aliphatic carbocycles. The molecule has 12 heteroatoms. The number of aliphatic hydroxyl groups excluding tert-OH is 2. The Balaban J connectivity index is 2.67. The van der Waals surface area contributed by atoms with Gasteiger partial charge in [0.15, 0.2) is 24.6 Å². The molecule has 0 aromatic heterocycles. The maximum Gasteiger partial charge on any atom is 0.335 e. The highest BCUT2D eigenvalue weighted by molar-refractivity contribution is 5.74. The molecule has 1 fully saturated rings. The van der Waals surface area contributed by atoms with E-state index in [1.807, 2.05) is 0 Å². The number of hydrogen-bond acceptors (Lipinski definition) is 11. The molecule has 81 heavy (non-hydrogen) atoms. The molecular weight excluding hydrogens is 1020 g/mol. The van der Waals surface area contributed by atoms with Crippen LogP contribution in [-0.4, -0.2) is 89.2 Å². The van der Waals surface area contributed by atoms with Crippen molar-refractivity contribution in [2.45, 2.75) is 340 Å². The van der Waals surface area contributed by atoms with Gasteiger partial charge in [-0.25, -0.2) is 4.79 Å². The summed E-state index contributed by atoms with van der Waals surface area (Å²) < 4.78 is 28.5. The molecule has 468 valence electrons. The average molecular weight is 1140 g/mol. The van der Waals surface area contributed by atoms with E-state index in [1.165, 1.54) is 148 Å². The molecule has 1 aliphatic rings. The fraction of sp³-hybridized carbons (Fsp3) is 0.797. The molecule has 0 amide bonds. The molecule has 12 nitrogen and oxygen atoms in total. The minimum absolute atomic E-state index is 0.0611. The zero-order valence-corrected chi connectivity index (χ0v) is 51.8. The Hall–Kier alpha value is -3.58. The first-order valence-corrected chi connectivity index (χ1v) is 33.3. The average Bonchev–Trinajstić information content (AvgIpc) is 3.53. The van der Waals surface area contributed by atoms with Crippen molar-refractivity contribution in [3.63, 3.8) is 0 Å². The van der Waals surface area contributed by atoms with Crippen molar-refractivity contribution in [3.05, 3.63) is 60.8 Å². The van der Waals surface area contributed by atoms with Crippen LogP contribution < -0.4 is 0 Å². The van der Waals surface area contributed by atoms with E-state index in [0.29, 0.717) is 19.3 Å². The Labute approximate surface area is 494 Å². The Morgan fingerprint density at radius 1 is 0.420 bits per heavy atom. The summed E-state index contributed by atoms with van der Waals surface area (Å²) in [6.07, 6.45) is 58.9. The molecule has 1 heterocycles. The molecule has 0 bridgehead atoms. The number of ether oxygens (including phenoxy) is 5. The van der Waals surface area contributed by atoms with Crippen molar-refractivity contribution in [3.8, 4) is 0 Å². The Morgan fingerprint density at radius 2 is 0.778 bits per heavy atom. The number of hydrogen-bond donors (Lipinski definition) is 3. The number of carboxylic acid groups (broad SMARTS) is 1. The first kappa shape index (κ1) is 75.4. The number of aliphatic hydroxyl groups is 2. The fourth-order valence-corrected chi connectivity index (χ4v) is 10.0. The summed E-state index contributed by atoms with van der Waals surface area (Å²) in [7, 11) is 0. The quantitative estimate of drug-likeness (QED) is 0.0228. The summed E-state index contributed by atoms with van der Waals surface area (Å²) in [5.41, 5.74) is 0. The molecule has 6 unspecified atom stereocenters. The molecule has 1 rings (SSSR count). The van der Waals surface area contributed by atoms with Crippen molar-refractivity contribution in [2.75, 3.05) is 13.2 Å². The first-order chi connectivity index (χ1) is 39.6. The number of allylic oxidation sites excluding steroid dienone is 10. The van der Waals surface area contributed by atoms with Crippen LogP contribution in [0, 0.1) is 0 Å². The second-order valence-corrected chi connectivity index (χ2v) is 22.7.